The molecule has 4 heterocycles. The lowest BCUT2D eigenvalue weighted by atomic mass is 10.1. The largest absolute Gasteiger partial charge is 0.343 e. The number of hydrogen-bond donors (Lipinski definition) is 0. The fourth-order valence-electron chi connectivity index (χ4n) is 2.46. The van der Waals surface area contributed by atoms with Gasteiger partial charge in [-0.05, 0) is 12.1 Å². The van der Waals surface area contributed by atoms with Crippen molar-refractivity contribution in [2.45, 2.75) is 6.04 Å². The van der Waals surface area contributed by atoms with Crippen LogP contribution in [0.4, 0.5) is 5.13 Å². The lowest BCUT2D eigenvalue weighted by Crippen LogP contribution is -2.58. The van der Waals surface area contributed by atoms with Gasteiger partial charge >= 0.3 is 0 Å². The molecule has 1 aliphatic heterocycles. The van der Waals surface area contributed by atoms with Gasteiger partial charge in [-0.2, -0.15) is 5.06 Å². The van der Waals surface area contributed by atoms with E-state index in [1.54, 1.807) is 24.6 Å². The first-order valence-corrected chi connectivity index (χ1v) is 7.85. The Labute approximate surface area is 131 Å². The molecule has 0 amide bonds. The van der Waals surface area contributed by atoms with E-state index in [2.05, 4.69) is 20.0 Å². The summed E-state index contributed by atoms with van der Waals surface area (Å²) in [6, 6.07) is 4.34. The standard InChI is InChI=1S/C14H16N6OS/c1-18(21-2)11-7-19(8-11)14-17-20-9-12(16-13(20)22-14)10-4-3-5-15-6-10/h3-6,9,11H,7-8H2,1-2H3. The van der Waals surface area contributed by atoms with Gasteiger partial charge in [-0.25, -0.2) is 9.50 Å². The van der Waals surface area contributed by atoms with Gasteiger partial charge in [0.15, 0.2) is 0 Å². The van der Waals surface area contributed by atoms with Crippen molar-refractivity contribution in [2.24, 2.45) is 0 Å². The van der Waals surface area contributed by atoms with Gasteiger partial charge in [-0.3, -0.25) is 4.98 Å². The number of aromatic nitrogens is 4. The molecule has 0 N–H and O–H groups in total. The quantitative estimate of drug-likeness (QED) is 0.681. The summed E-state index contributed by atoms with van der Waals surface area (Å²) in [6.45, 7) is 1.85. The number of hydroxylamine groups is 2. The van der Waals surface area contributed by atoms with Gasteiger partial charge in [-0.15, -0.1) is 5.10 Å². The van der Waals surface area contributed by atoms with E-state index in [-0.39, 0.29) is 0 Å². The number of pyridine rings is 1. The van der Waals surface area contributed by atoms with Crippen molar-refractivity contribution in [1.29, 1.82) is 0 Å². The third kappa shape index (κ3) is 2.25. The molecule has 0 radical (unpaired) electrons. The van der Waals surface area contributed by atoms with Crippen LogP contribution in [0.25, 0.3) is 16.2 Å². The van der Waals surface area contributed by atoms with Gasteiger partial charge in [0.1, 0.15) is 0 Å². The summed E-state index contributed by atoms with van der Waals surface area (Å²) < 4.78 is 1.84. The van der Waals surface area contributed by atoms with Crippen LogP contribution in [0.15, 0.2) is 30.7 Å². The molecule has 3 aromatic heterocycles. The van der Waals surface area contributed by atoms with Crippen molar-refractivity contribution in [2.75, 3.05) is 32.1 Å². The van der Waals surface area contributed by atoms with Gasteiger partial charge in [0, 0.05) is 38.1 Å². The molecular formula is C14H16N6OS. The molecular weight excluding hydrogens is 300 g/mol. The van der Waals surface area contributed by atoms with E-state index in [0.29, 0.717) is 6.04 Å². The summed E-state index contributed by atoms with van der Waals surface area (Å²) in [5.74, 6) is 0. The highest BCUT2D eigenvalue weighted by atomic mass is 32.1. The van der Waals surface area contributed by atoms with Crippen LogP contribution in [0.1, 0.15) is 0 Å². The highest BCUT2D eigenvalue weighted by molar-refractivity contribution is 7.20. The lowest BCUT2D eigenvalue weighted by molar-refractivity contribution is -0.146. The summed E-state index contributed by atoms with van der Waals surface area (Å²) in [5, 5.41) is 7.50. The van der Waals surface area contributed by atoms with Crippen LogP contribution in [0.3, 0.4) is 0 Å². The van der Waals surface area contributed by atoms with Gasteiger partial charge in [-0.1, -0.05) is 11.3 Å². The normalized spacial score (nSPS) is 15.7. The summed E-state index contributed by atoms with van der Waals surface area (Å²) in [4.78, 5) is 17.1. The monoisotopic (exact) mass is 316 g/mol. The summed E-state index contributed by atoms with van der Waals surface area (Å²) in [7, 11) is 3.65. The average molecular weight is 316 g/mol. The first-order chi connectivity index (χ1) is 10.7. The van der Waals surface area contributed by atoms with Crippen LogP contribution in [0.2, 0.25) is 0 Å². The Hall–Kier alpha value is -2.03. The fourth-order valence-corrected chi connectivity index (χ4v) is 3.36. The predicted molar refractivity (Wildman–Crippen MR) is 84.9 cm³/mol. The first-order valence-electron chi connectivity index (χ1n) is 7.03. The summed E-state index contributed by atoms with van der Waals surface area (Å²) in [6.07, 6.45) is 5.52. The van der Waals surface area contributed by atoms with E-state index in [0.717, 1.165) is 34.4 Å². The molecule has 22 heavy (non-hydrogen) atoms. The lowest BCUT2D eigenvalue weighted by Gasteiger charge is -2.42. The smallest absolute Gasteiger partial charge is 0.214 e. The van der Waals surface area contributed by atoms with Crippen LogP contribution in [-0.4, -0.2) is 57.9 Å². The molecule has 0 aromatic carbocycles. The van der Waals surface area contributed by atoms with Crippen molar-refractivity contribution in [3.8, 4) is 11.3 Å². The van der Waals surface area contributed by atoms with Gasteiger partial charge in [0.05, 0.1) is 25.0 Å². The molecule has 1 fully saturated rings. The van der Waals surface area contributed by atoms with E-state index in [9.17, 15) is 0 Å². The number of likely N-dealkylation sites (N-methyl/N-ethyl adjacent to an activating group) is 1. The topological polar surface area (TPSA) is 58.8 Å². The summed E-state index contributed by atoms with van der Waals surface area (Å²) >= 11 is 1.60. The van der Waals surface area contributed by atoms with Crippen LogP contribution in [0.5, 0.6) is 0 Å². The maximum Gasteiger partial charge on any atom is 0.214 e. The molecule has 114 valence electrons. The molecule has 0 saturated carbocycles. The van der Waals surface area contributed by atoms with Gasteiger partial charge < -0.3 is 9.74 Å². The maximum atomic E-state index is 5.21. The minimum atomic E-state index is 0.423. The van der Waals surface area contributed by atoms with Crippen molar-refractivity contribution in [3.63, 3.8) is 0 Å². The molecule has 0 unspecified atom stereocenters. The van der Waals surface area contributed by atoms with Crippen LogP contribution in [0, 0.1) is 0 Å². The van der Waals surface area contributed by atoms with Crippen LogP contribution < -0.4 is 4.90 Å². The Balaban J connectivity index is 1.53. The minimum Gasteiger partial charge on any atom is -0.343 e. The maximum absolute atomic E-state index is 5.21. The molecule has 7 nitrogen and oxygen atoms in total. The highest BCUT2D eigenvalue weighted by Gasteiger charge is 2.32. The second-order valence-corrected chi connectivity index (χ2v) is 6.20. The van der Waals surface area contributed by atoms with E-state index < -0.39 is 0 Å². The Bertz CT molecular complexity index is 748. The third-order valence-electron chi connectivity index (χ3n) is 3.92. The Morgan fingerprint density at radius 3 is 2.95 bits per heavy atom. The number of rotatable bonds is 4. The SMILES string of the molecule is CON(C)C1CN(c2nn3cc(-c4cccnc4)nc3s2)C1. The van der Waals surface area contributed by atoms with Crippen molar-refractivity contribution < 1.29 is 4.84 Å². The second-order valence-electron chi connectivity index (χ2n) is 5.27. The van der Waals surface area contributed by atoms with Crippen molar-refractivity contribution in [1.82, 2.24) is 24.6 Å². The Morgan fingerprint density at radius 1 is 1.41 bits per heavy atom. The first kappa shape index (κ1) is 13.6. The minimum absolute atomic E-state index is 0.423. The average Bonchev–Trinajstić information content (AvgIpc) is 3.05. The molecule has 0 bridgehead atoms. The van der Waals surface area contributed by atoms with E-state index in [4.69, 9.17) is 4.84 Å². The molecule has 1 saturated heterocycles. The fraction of sp³-hybridized carbons (Fsp3) is 0.357. The van der Waals surface area contributed by atoms with Gasteiger partial charge in [0.2, 0.25) is 10.1 Å². The molecule has 0 atom stereocenters. The second kappa shape index (κ2) is 5.31. The number of hydrogen-bond acceptors (Lipinski definition) is 7. The van der Waals surface area contributed by atoms with E-state index >= 15 is 0 Å². The zero-order chi connectivity index (χ0) is 15.1. The highest BCUT2D eigenvalue weighted by Crippen LogP contribution is 2.29. The molecule has 4 rings (SSSR count). The molecule has 0 aliphatic carbocycles. The number of fused-ring (bicyclic) bond motifs is 1. The van der Waals surface area contributed by atoms with E-state index in [1.165, 1.54) is 0 Å². The molecule has 3 aromatic rings. The third-order valence-corrected chi connectivity index (χ3v) is 4.91. The van der Waals surface area contributed by atoms with Crippen molar-refractivity contribution >= 4 is 21.4 Å². The number of imidazole rings is 1. The number of nitrogens with zero attached hydrogens (tertiary/aromatic N) is 6. The number of anilines is 1. The predicted octanol–water partition coefficient (Wildman–Crippen LogP) is 1.53. The van der Waals surface area contributed by atoms with Crippen molar-refractivity contribution in [3.05, 3.63) is 30.7 Å². The Morgan fingerprint density at radius 2 is 2.27 bits per heavy atom. The van der Waals surface area contributed by atoms with Gasteiger partial charge in [0.25, 0.3) is 0 Å². The van der Waals surface area contributed by atoms with E-state index in [1.807, 2.05) is 41.2 Å². The van der Waals surface area contributed by atoms with Crippen LogP contribution >= 0.6 is 11.3 Å². The zero-order valence-electron chi connectivity index (χ0n) is 12.4. The Kier molecular flexibility index (Phi) is 3.29. The molecule has 8 heteroatoms. The zero-order valence-corrected chi connectivity index (χ0v) is 13.2. The molecule has 1 aliphatic rings. The summed E-state index contributed by atoms with van der Waals surface area (Å²) in [5.41, 5.74) is 1.91. The van der Waals surface area contributed by atoms with Crippen LogP contribution in [-0.2, 0) is 4.84 Å². The molecule has 0 spiro atoms.